The van der Waals surface area contributed by atoms with Crippen molar-refractivity contribution in [2.45, 2.75) is 25.7 Å². The lowest BCUT2D eigenvalue weighted by Gasteiger charge is -2.14. The molecule has 0 bridgehead atoms. The molecule has 2 rings (SSSR count). The molecule has 2 nitrogen and oxygen atoms in total. The summed E-state index contributed by atoms with van der Waals surface area (Å²) in [6.07, 6.45) is 3.88. The summed E-state index contributed by atoms with van der Waals surface area (Å²) in [5.41, 5.74) is 2.53. The monoisotopic (exact) mass is 215 g/mol. The van der Waals surface area contributed by atoms with Crippen LogP contribution in [0.5, 0.6) is 0 Å². The molecule has 0 radical (unpaired) electrons. The van der Waals surface area contributed by atoms with Crippen molar-refractivity contribution in [3.63, 3.8) is 0 Å². The Balaban J connectivity index is 1.82. The third kappa shape index (κ3) is 2.88. The molecule has 1 aliphatic heterocycles. The van der Waals surface area contributed by atoms with Gasteiger partial charge in [-0.2, -0.15) is 0 Å². The zero-order valence-electron chi connectivity index (χ0n) is 9.91. The molecule has 0 aromatic heterocycles. The number of aryl methyl sites for hydroxylation is 1. The molecule has 16 heavy (non-hydrogen) atoms. The van der Waals surface area contributed by atoms with E-state index in [-0.39, 0.29) is 0 Å². The Labute approximate surface area is 98.1 Å². The maximum atomic E-state index is 11.8. The van der Waals surface area contributed by atoms with Crippen LogP contribution < -0.4 is 5.46 Å². The van der Waals surface area contributed by atoms with Crippen molar-refractivity contribution in [1.29, 1.82) is 0 Å². The summed E-state index contributed by atoms with van der Waals surface area (Å²) in [6, 6.07) is 8.45. The van der Waals surface area contributed by atoms with E-state index in [1.165, 1.54) is 23.9 Å². The number of rotatable bonds is 3. The first-order chi connectivity index (χ1) is 7.75. The Morgan fingerprint density at radius 2 is 1.81 bits per heavy atom. The number of carbonyl (C=O) groups excluding carboxylic acids is 1. The SMILES string of the molecule is Bc1ccc(CCC(=O)N2CCCC2)cc1. The van der Waals surface area contributed by atoms with E-state index in [0.29, 0.717) is 12.3 Å². The van der Waals surface area contributed by atoms with E-state index in [9.17, 15) is 4.79 Å². The molecular formula is C13H18BNO. The van der Waals surface area contributed by atoms with E-state index < -0.39 is 0 Å². The summed E-state index contributed by atoms with van der Waals surface area (Å²) in [5.74, 6) is 0.318. The number of hydrogen-bond donors (Lipinski definition) is 0. The molecule has 0 unspecified atom stereocenters. The highest BCUT2D eigenvalue weighted by Gasteiger charge is 2.16. The van der Waals surface area contributed by atoms with Gasteiger partial charge in [-0.1, -0.05) is 29.7 Å². The van der Waals surface area contributed by atoms with Gasteiger partial charge in [0.15, 0.2) is 0 Å². The third-order valence-corrected chi connectivity index (χ3v) is 3.21. The molecule has 1 saturated heterocycles. The molecule has 0 atom stereocenters. The molecular weight excluding hydrogens is 197 g/mol. The molecule has 0 aliphatic carbocycles. The van der Waals surface area contributed by atoms with E-state index in [4.69, 9.17) is 0 Å². The molecule has 0 spiro atoms. The van der Waals surface area contributed by atoms with Crippen molar-refractivity contribution in [3.05, 3.63) is 29.8 Å². The summed E-state index contributed by atoms with van der Waals surface area (Å²) in [6.45, 7) is 1.93. The van der Waals surface area contributed by atoms with E-state index >= 15 is 0 Å². The molecule has 0 N–H and O–H groups in total. The lowest BCUT2D eigenvalue weighted by atomic mass is 9.94. The maximum Gasteiger partial charge on any atom is 0.222 e. The highest BCUT2D eigenvalue weighted by Crippen LogP contribution is 2.10. The average molecular weight is 215 g/mol. The fourth-order valence-electron chi connectivity index (χ4n) is 2.13. The zero-order chi connectivity index (χ0) is 11.4. The van der Waals surface area contributed by atoms with Crippen molar-refractivity contribution in [2.24, 2.45) is 0 Å². The van der Waals surface area contributed by atoms with Gasteiger partial charge in [0.1, 0.15) is 7.85 Å². The number of nitrogens with zero attached hydrogens (tertiary/aromatic N) is 1. The predicted molar refractivity (Wildman–Crippen MR) is 68.8 cm³/mol. The van der Waals surface area contributed by atoms with Gasteiger partial charge in [0.05, 0.1) is 0 Å². The highest BCUT2D eigenvalue weighted by molar-refractivity contribution is 6.32. The van der Waals surface area contributed by atoms with Crippen LogP contribution in [0.15, 0.2) is 24.3 Å². The topological polar surface area (TPSA) is 20.3 Å². The second-order valence-electron chi connectivity index (χ2n) is 4.57. The maximum absolute atomic E-state index is 11.8. The second kappa shape index (κ2) is 5.19. The summed E-state index contributed by atoms with van der Waals surface area (Å²) in [5, 5.41) is 0. The summed E-state index contributed by atoms with van der Waals surface area (Å²) in [4.78, 5) is 13.8. The van der Waals surface area contributed by atoms with Gasteiger partial charge in [0.2, 0.25) is 5.91 Å². The van der Waals surface area contributed by atoms with E-state index in [1.54, 1.807) is 0 Å². The Bertz CT molecular complexity index is 355. The van der Waals surface area contributed by atoms with Gasteiger partial charge in [-0.05, 0) is 24.8 Å². The van der Waals surface area contributed by atoms with Gasteiger partial charge in [-0.15, -0.1) is 0 Å². The summed E-state index contributed by atoms with van der Waals surface area (Å²) in [7, 11) is 2.08. The molecule has 1 aliphatic rings. The van der Waals surface area contributed by atoms with Gasteiger partial charge in [-0.25, -0.2) is 0 Å². The van der Waals surface area contributed by atoms with Gasteiger partial charge in [0.25, 0.3) is 0 Å². The van der Waals surface area contributed by atoms with Crippen molar-refractivity contribution in [3.8, 4) is 0 Å². The van der Waals surface area contributed by atoms with Gasteiger partial charge in [0, 0.05) is 19.5 Å². The standard InChI is InChI=1S/C13H18BNO/c14-12-6-3-11(4-7-12)5-8-13(16)15-9-1-2-10-15/h3-4,6-7H,1-2,5,8-10,14H2. The van der Waals surface area contributed by atoms with E-state index in [2.05, 4.69) is 32.1 Å². The Morgan fingerprint density at radius 1 is 1.19 bits per heavy atom. The molecule has 0 saturated carbocycles. The quantitative estimate of drug-likeness (QED) is 0.672. The van der Waals surface area contributed by atoms with Crippen LogP contribution >= 0.6 is 0 Å². The first-order valence-electron chi connectivity index (χ1n) is 6.09. The van der Waals surface area contributed by atoms with E-state index in [1.807, 2.05) is 4.90 Å². The van der Waals surface area contributed by atoms with Crippen LogP contribution in [0.3, 0.4) is 0 Å². The lowest BCUT2D eigenvalue weighted by molar-refractivity contribution is -0.130. The lowest BCUT2D eigenvalue weighted by Crippen LogP contribution is -2.27. The van der Waals surface area contributed by atoms with Gasteiger partial charge < -0.3 is 4.90 Å². The highest BCUT2D eigenvalue weighted by atomic mass is 16.2. The minimum absolute atomic E-state index is 0.318. The number of carbonyl (C=O) groups is 1. The molecule has 1 heterocycles. The number of hydrogen-bond acceptors (Lipinski definition) is 1. The number of benzene rings is 1. The van der Waals surface area contributed by atoms with Crippen LogP contribution in [-0.2, 0) is 11.2 Å². The zero-order valence-corrected chi connectivity index (χ0v) is 9.91. The van der Waals surface area contributed by atoms with Gasteiger partial charge >= 0.3 is 0 Å². The number of amides is 1. The van der Waals surface area contributed by atoms with Crippen molar-refractivity contribution < 1.29 is 4.79 Å². The first-order valence-corrected chi connectivity index (χ1v) is 6.09. The minimum Gasteiger partial charge on any atom is -0.343 e. The van der Waals surface area contributed by atoms with Crippen LogP contribution in [0, 0.1) is 0 Å². The third-order valence-electron chi connectivity index (χ3n) is 3.21. The van der Waals surface area contributed by atoms with Crippen molar-refractivity contribution in [1.82, 2.24) is 4.90 Å². The van der Waals surface area contributed by atoms with Crippen LogP contribution in [0.25, 0.3) is 0 Å². The Hall–Kier alpha value is -1.25. The predicted octanol–water partition coefficient (Wildman–Crippen LogP) is 0.500. The fraction of sp³-hybridized carbons (Fsp3) is 0.462. The first kappa shape index (κ1) is 11.2. The fourth-order valence-corrected chi connectivity index (χ4v) is 2.13. The number of likely N-dealkylation sites (tertiary alicyclic amines) is 1. The second-order valence-corrected chi connectivity index (χ2v) is 4.57. The average Bonchev–Trinajstić information content (AvgIpc) is 2.81. The molecule has 1 aromatic rings. The summed E-state index contributed by atoms with van der Waals surface area (Å²) >= 11 is 0. The normalized spacial score (nSPS) is 15.4. The molecule has 1 aromatic carbocycles. The van der Waals surface area contributed by atoms with Crippen molar-refractivity contribution >= 4 is 19.2 Å². The van der Waals surface area contributed by atoms with Crippen molar-refractivity contribution in [2.75, 3.05) is 13.1 Å². The molecule has 3 heteroatoms. The van der Waals surface area contributed by atoms with Gasteiger partial charge in [-0.3, -0.25) is 4.79 Å². The molecule has 84 valence electrons. The van der Waals surface area contributed by atoms with E-state index in [0.717, 1.165) is 19.5 Å². The minimum atomic E-state index is 0.318. The molecule has 1 fully saturated rings. The smallest absolute Gasteiger partial charge is 0.222 e. The largest absolute Gasteiger partial charge is 0.343 e. The molecule has 1 amide bonds. The Kier molecular flexibility index (Phi) is 3.65. The van der Waals surface area contributed by atoms with Crippen LogP contribution in [0.2, 0.25) is 0 Å². The summed E-state index contributed by atoms with van der Waals surface area (Å²) < 4.78 is 0. The van der Waals surface area contributed by atoms with Crippen LogP contribution in [0.1, 0.15) is 24.8 Å². The van der Waals surface area contributed by atoms with Crippen LogP contribution in [-0.4, -0.2) is 31.7 Å². The van der Waals surface area contributed by atoms with Crippen LogP contribution in [0.4, 0.5) is 0 Å². The Morgan fingerprint density at radius 3 is 2.44 bits per heavy atom.